The average molecular weight is 425 g/mol. The molecule has 9 nitrogen and oxygen atoms in total. The molecule has 1 aromatic carbocycles. The van der Waals surface area contributed by atoms with E-state index in [-0.39, 0.29) is 17.4 Å². The van der Waals surface area contributed by atoms with Gasteiger partial charge in [-0.05, 0) is 44.5 Å². The maximum atomic E-state index is 12.5. The lowest BCUT2D eigenvalue weighted by Crippen LogP contribution is -2.41. The third kappa shape index (κ3) is 5.00. The number of methoxy groups -OCH3 is 1. The highest BCUT2D eigenvalue weighted by molar-refractivity contribution is 5.78. The van der Waals surface area contributed by atoms with Crippen LogP contribution < -0.4 is 10.9 Å². The van der Waals surface area contributed by atoms with Gasteiger partial charge in [0.1, 0.15) is 11.2 Å². The summed E-state index contributed by atoms with van der Waals surface area (Å²) in [5.74, 6) is 0.765. The molecule has 2 N–H and O–H groups in total. The minimum Gasteiger partial charge on any atom is -0.385 e. The van der Waals surface area contributed by atoms with Crippen LogP contribution in [0.2, 0.25) is 0 Å². The number of likely N-dealkylation sites (tertiary alicyclic amines) is 1. The van der Waals surface area contributed by atoms with E-state index in [4.69, 9.17) is 9.72 Å². The Morgan fingerprint density at radius 2 is 2.03 bits per heavy atom. The molecule has 1 aliphatic rings. The number of amides is 1. The first-order valence-corrected chi connectivity index (χ1v) is 10.7. The Kier molecular flexibility index (Phi) is 6.73. The molecule has 0 bridgehead atoms. The van der Waals surface area contributed by atoms with Gasteiger partial charge in [0.25, 0.3) is 5.56 Å². The zero-order valence-corrected chi connectivity index (χ0v) is 17.7. The van der Waals surface area contributed by atoms with Crippen LogP contribution in [0.1, 0.15) is 25.1 Å². The Labute approximate surface area is 180 Å². The third-order valence-corrected chi connectivity index (χ3v) is 5.64. The lowest BCUT2D eigenvalue weighted by molar-refractivity contribution is -0.126. The number of H-pyrrole nitrogens is 1. The minimum absolute atomic E-state index is 0.0350. The molecule has 0 radical (unpaired) electrons. The van der Waals surface area contributed by atoms with Crippen molar-refractivity contribution in [2.24, 2.45) is 5.92 Å². The topological polar surface area (TPSA) is 105 Å². The van der Waals surface area contributed by atoms with Crippen molar-refractivity contribution in [1.82, 2.24) is 30.0 Å². The summed E-state index contributed by atoms with van der Waals surface area (Å²) in [6.45, 7) is 3.41. The predicted molar refractivity (Wildman–Crippen MR) is 117 cm³/mol. The monoisotopic (exact) mass is 424 g/mol. The van der Waals surface area contributed by atoms with Crippen molar-refractivity contribution in [2.75, 3.05) is 33.4 Å². The predicted octanol–water partition coefficient (Wildman–Crippen LogP) is 1.47. The summed E-state index contributed by atoms with van der Waals surface area (Å²) in [4.78, 5) is 34.7. The molecule has 1 amide bonds. The van der Waals surface area contributed by atoms with Crippen LogP contribution in [-0.2, 0) is 16.1 Å². The van der Waals surface area contributed by atoms with Crippen LogP contribution in [0.3, 0.4) is 0 Å². The van der Waals surface area contributed by atoms with Crippen LogP contribution in [0, 0.1) is 5.92 Å². The van der Waals surface area contributed by atoms with Gasteiger partial charge in [-0.25, -0.2) is 9.67 Å². The molecule has 4 rings (SSSR count). The van der Waals surface area contributed by atoms with E-state index in [1.807, 2.05) is 30.3 Å². The van der Waals surface area contributed by atoms with Crippen molar-refractivity contribution < 1.29 is 9.53 Å². The van der Waals surface area contributed by atoms with Gasteiger partial charge in [0.2, 0.25) is 5.91 Å². The van der Waals surface area contributed by atoms with Crippen molar-refractivity contribution in [3.63, 3.8) is 0 Å². The summed E-state index contributed by atoms with van der Waals surface area (Å²) in [5, 5.41) is 7.81. The number of benzene rings is 1. The quantitative estimate of drug-likeness (QED) is 0.531. The SMILES string of the molecule is COCCCNC(=O)C1CCN(Cc2nc3c(cnn3-c3ccccc3)c(=O)[nH]2)CC1. The fourth-order valence-corrected chi connectivity index (χ4v) is 3.93. The Balaban J connectivity index is 1.40. The first kappa shape index (κ1) is 21.2. The van der Waals surface area contributed by atoms with Crippen molar-refractivity contribution >= 4 is 16.9 Å². The van der Waals surface area contributed by atoms with Gasteiger partial charge in [0.15, 0.2) is 5.65 Å². The molecule has 31 heavy (non-hydrogen) atoms. The van der Waals surface area contributed by atoms with Crippen LogP contribution in [-0.4, -0.2) is 63.9 Å². The highest BCUT2D eigenvalue weighted by Crippen LogP contribution is 2.19. The van der Waals surface area contributed by atoms with E-state index in [2.05, 4.69) is 20.3 Å². The third-order valence-electron chi connectivity index (χ3n) is 5.64. The summed E-state index contributed by atoms with van der Waals surface area (Å²) in [6, 6.07) is 9.65. The number of aromatic nitrogens is 4. The van der Waals surface area contributed by atoms with Gasteiger partial charge in [-0.3, -0.25) is 14.5 Å². The van der Waals surface area contributed by atoms with Gasteiger partial charge < -0.3 is 15.0 Å². The number of carbonyl (C=O) groups excluding carboxylic acids is 1. The fourth-order valence-electron chi connectivity index (χ4n) is 3.93. The van der Waals surface area contributed by atoms with Gasteiger partial charge in [0.05, 0.1) is 18.4 Å². The second-order valence-corrected chi connectivity index (χ2v) is 7.83. The van der Waals surface area contributed by atoms with E-state index in [1.54, 1.807) is 18.0 Å². The number of hydrogen-bond acceptors (Lipinski definition) is 6. The molecule has 9 heteroatoms. The van der Waals surface area contributed by atoms with Crippen molar-refractivity contribution in [3.05, 3.63) is 52.7 Å². The minimum atomic E-state index is -0.187. The van der Waals surface area contributed by atoms with E-state index >= 15 is 0 Å². The molecule has 0 unspecified atom stereocenters. The number of para-hydroxylation sites is 1. The standard InChI is InChI=1S/C22H28N6O3/c1-31-13-5-10-23-21(29)16-8-11-27(12-9-16)15-19-25-20-18(22(30)26-19)14-24-28(20)17-6-3-2-4-7-17/h2-4,6-7,14,16H,5,8-13,15H2,1H3,(H,23,29)(H,25,26,30). The van der Waals surface area contributed by atoms with E-state index in [0.717, 1.165) is 38.0 Å². The average Bonchev–Trinajstić information content (AvgIpc) is 3.22. The summed E-state index contributed by atoms with van der Waals surface area (Å²) < 4.78 is 6.70. The highest BCUT2D eigenvalue weighted by Gasteiger charge is 2.25. The molecule has 1 saturated heterocycles. The van der Waals surface area contributed by atoms with Crippen LogP contribution >= 0.6 is 0 Å². The molecule has 0 aliphatic carbocycles. The molecular weight excluding hydrogens is 396 g/mol. The van der Waals surface area contributed by atoms with Crippen LogP contribution in [0.25, 0.3) is 16.7 Å². The van der Waals surface area contributed by atoms with E-state index in [0.29, 0.717) is 36.6 Å². The number of fused-ring (bicyclic) bond motifs is 1. The van der Waals surface area contributed by atoms with Crippen molar-refractivity contribution in [2.45, 2.75) is 25.8 Å². The second-order valence-electron chi connectivity index (χ2n) is 7.83. The molecule has 1 fully saturated rings. The molecule has 1 aliphatic heterocycles. The summed E-state index contributed by atoms with van der Waals surface area (Å²) in [5.41, 5.74) is 1.22. The summed E-state index contributed by atoms with van der Waals surface area (Å²) in [6.07, 6.45) is 3.96. The van der Waals surface area contributed by atoms with Crippen molar-refractivity contribution in [1.29, 1.82) is 0 Å². The normalized spacial score (nSPS) is 15.4. The number of rotatable bonds is 8. The second kappa shape index (κ2) is 9.84. The Morgan fingerprint density at radius 1 is 1.26 bits per heavy atom. The fraction of sp³-hybridized carbons (Fsp3) is 0.455. The van der Waals surface area contributed by atoms with Crippen LogP contribution in [0.15, 0.2) is 41.3 Å². The molecule has 0 atom stereocenters. The zero-order chi connectivity index (χ0) is 21.6. The van der Waals surface area contributed by atoms with Gasteiger partial charge >= 0.3 is 0 Å². The maximum Gasteiger partial charge on any atom is 0.262 e. The number of aromatic amines is 1. The Morgan fingerprint density at radius 3 is 2.77 bits per heavy atom. The molecule has 3 aromatic rings. The van der Waals surface area contributed by atoms with E-state index in [9.17, 15) is 9.59 Å². The summed E-state index contributed by atoms with van der Waals surface area (Å²) >= 11 is 0. The van der Waals surface area contributed by atoms with Crippen molar-refractivity contribution in [3.8, 4) is 5.69 Å². The number of carbonyl (C=O) groups is 1. The number of nitrogens with one attached hydrogen (secondary N) is 2. The molecule has 3 heterocycles. The smallest absolute Gasteiger partial charge is 0.262 e. The molecule has 0 spiro atoms. The van der Waals surface area contributed by atoms with Crippen LogP contribution in [0.4, 0.5) is 0 Å². The first-order valence-electron chi connectivity index (χ1n) is 10.7. The highest BCUT2D eigenvalue weighted by atomic mass is 16.5. The largest absolute Gasteiger partial charge is 0.385 e. The Hall–Kier alpha value is -3.04. The first-order chi connectivity index (χ1) is 15.2. The number of nitrogens with zero attached hydrogens (tertiary/aromatic N) is 4. The van der Waals surface area contributed by atoms with Gasteiger partial charge in [-0.1, -0.05) is 18.2 Å². The Bertz CT molecular complexity index is 1070. The van der Waals surface area contributed by atoms with Gasteiger partial charge in [-0.15, -0.1) is 0 Å². The number of piperidine rings is 1. The lowest BCUT2D eigenvalue weighted by atomic mass is 9.96. The molecular formula is C22H28N6O3. The number of ether oxygens (including phenoxy) is 1. The molecule has 164 valence electrons. The van der Waals surface area contributed by atoms with Gasteiger partial charge in [0, 0.05) is 26.2 Å². The van der Waals surface area contributed by atoms with E-state index < -0.39 is 0 Å². The molecule has 2 aromatic heterocycles. The van der Waals surface area contributed by atoms with E-state index in [1.165, 1.54) is 0 Å². The summed E-state index contributed by atoms with van der Waals surface area (Å²) in [7, 11) is 1.66. The van der Waals surface area contributed by atoms with Crippen LogP contribution in [0.5, 0.6) is 0 Å². The zero-order valence-electron chi connectivity index (χ0n) is 17.7. The number of hydrogen-bond donors (Lipinski definition) is 2. The lowest BCUT2D eigenvalue weighted by Gasteiger charge is -2.30. The van der Waals surface area contributed by atoms with Gasteiger partial charge in [-0.2, -0.15) is 5.10 Å². The molecule has 0 saturated carbocycles. The maximum absolute atomic E-state index is 12.5.